The smallest absolute Gasteiger partial charge is 0.248 e. The Morgan fingerprint density at radius 1 is 1.40 bits per heavy atom. The molecule has 0 spiro atoms. The van der Waals surface area contributed by atoms with E-state index in [9.17, 15) is 4.79 Å². The largest absolute Gasteiger partial charge is 0.376 e. The molecule has 0 unspecified atom stereocenters. The summed E-state index contributed by atoms with van der Waals surface area (Å²) in [5.41, 5.74) is 0. The van der Waals surface area contributed by atoms with E-state index in [1.54, 1.807) is 0 Å². The average molecular weight is 284 g/mol. The van der Waals surface area contributed by atoms with Crippen LogP contribution in [0, 0.1) is 5.92 Å². The number of ether oxygens (including phenoxy) is 2. The first-order chi connectivity index (χ1) is 9.61. The van der Waals surface area contributed by atoms with E-state index >= 15 is 0 Å². The molecule has 5 nitrogen and oxygen atoms in total. The number of likely N-dealkylation sites (N-methyl/N-ethyl adjacent to an activating group) is 1. The average Bonchev–Trinajstić information content (AvgIpc) is 3.07. The van der Waals surface area contributed by atoms with Gasteiger partial charge < -0.3 is 19.3 Å². The molecule has 2 aliphatic heterocycles. The summed E-state index contributed by atoms with van der Waals surface area (Å²) in [6.07, 6.45) is 3.47. The highest BCUT2D eigenvalue weighted by Gasteiger charge is 2.35. The summed E-state index contributed by atoms with van der Waals surface area (Å²) in [4.78, 5) is 16.4. The van der Waals surface area contributed by atoms with Crippen molar-refractivity contribution in [3.05, 3.63) is 0 Å². The molecule has 2 fully saturated rings. The molecule has 0 aromatic heterocycles. The molecule has 0 radical (unpaired) electrons. The van der Waals surface area contributed by atoms with Crippen LogP contribution in [0.3, 0.4) is 0 Å². The van der Waals surface area contributed by atoms with E-state index in [0.717, 1.165) is 39.0 Å². The number of amides is 1. The van der Waals surface area contributed by atoms with Crippen molar-refractivity contribution in [3.63, 3.8) is 0 Å². The molecule has 0 saturated carbocycles. The van der Waals surface area contributed by atoms with Gasteiger partial charge in [0.25, 0.3) is 0 Å². The van der Waals surface area contributed by atoms with Crippen LogP contribution in [-0.4, -0.2) is 74.9 Å². The zero-order chi connectivity index (χ0) is 14.5. The van der Waals surface area contributed by atoms with Crippen LogP contribution >= 0.6 is 0 Å². The predicted molar refractivity (Wildman–Crippen MR) is 77.6 cm³/mol. The first kappa shape index (κ1) is 15.7. The van der Waals surface area contributed by atoms with E-state index in [0.29, 0.717) is 18.6 Å². The molecule has 2 aliphatic rings. The maximum atomic E-state index is 12.2. The van der Waals surface area contributed by atoms with E-state index in [4.69, 9.17) is 9.47 Å². The van der Waals surface area contributed by atoms with Crippen LogP contribution in [0.1, 0.15) is 26.2 Å². The van der Waals surface area contributed by atoms with Crippen LogP contribution in [-0.2, 0) is 14.3 Å². The minimum Gasteiger partial charge on any atom is -0.376 e. The number of hydrogen-bond donors (Lipinski definition) is 0. The highest BCUT2D eigenvalue weighted by Crippen LogP contribution is 2.23. The number of carbonyl (C=O) groups is 1. The quantitative estimate of drug-likeness (QED) is 0.729. The Labute approximate surface area is 122 Å². The van der Waals surface area contributed by atoms with Crippen LogP contribution in [0.15, 0.2) is 0 Å². The molecule has 3 atom stereocenters. The second kappa shape index (κ2) is 7.38. The fraction of sp³-hybridized carbons (Fsp3) is 0.933. The molecule has 2 saturated heterocycles. The van der Waals surface area contributed by atoms with Gasteiger partial charge in [0.1, 0.15) is 6.61 Å². The number of carbonyl (C=O) groups excluding carboxylic acids is 1. The fourth-order valence-electron chi connectivity index (χ4n) is 3.19. The van der Waals surface area contributed by atoms with Gasteiger partial charge in [-0.15, -0.1) is 0 Å². The van der Waals surface area contributed by atoms with Gasteiger partial charge in [-0.25, -0.2) is 0 Å². The zero-order valence-electron chi connectivity index (χ0n) is 13.0. The van der Waals surface area contributed by atoms with Gasteiger partial charge >= 0.3 is 0 Å². The molecule has 0 bridgehead atoms. The first-order valence-corrected chi connectivity index (χ1v) is 7.75. The molecule has 0 N–H and O–H groups in total. The van der Waals surface area contributed by atoms with Gasteiger partial charge in [0.2, 0.25) is 5.91 Å². The lowest BCUT2D eigenvalue weighted by Crippen LogP contribution is -2.37. The Morgan fingerprint density at radius 2 is 2.20 bits per heavy atom. The molecule has 5 heteroatoms. The minimum absolute atomic E-state index is 0.116. The van der Waals surface area contributed by atoms with Gasteiger partial charge in [0.05, 0.1) is 12.7 Å². The van der Waals surface area contributed by atoms with Gasteiger partial charge in [0, 0.05) is 25.7 Å². The third-order valence-electron chi connectivity index (χ3n) is 4.50. The molecule has 116 valence electrons. The molecule has 1 amide bonds. The molecule has 2 heterocycles. The third kappa shape index (κ3) is 3.93. The summed E-state index contributed by atoms with van der Waals surface area (Å²) in [5, 5.41) is 0. The van der Waals surface area contributed by atoms with Gasteiger partial charge in [-0.3, -0.25) is 4.79 Å². The number of rotatable bonds is 6. The molecule has 0 aromatic carbocycles. The second-order valence-corrected chi connectivity index (χ2v) is 6.15. The normalized spacial score (nSPS) is 30.4. The lowest BCUT2D eigenvalue weighted by molar-refractivity contribution is -0.136. The van der Waals surface area contributed by atoms with Crippen LogP contribution < -0.4 is 0 Å². The summed E-state index contributed by atoms with van der Waals surface area (Å²) in [7, 11) is 4.18. The number of nitrogens with zero attached hydrogens (tertiary/aromatic N) is 2. The number of hydrogen-bond acceptors (Lipinski definition) is 4. The predicted octanol–water partition coefficient (Wildman–Crippen LogP) is 0.981. The van der Waals surface area contributed by atoms with Crippen molar-refractivity contribution < 1.29 is 14.3 Å². The SMILES string of the molecule is CC[C@@H]1CN(C(=O)COC[C@@H]2CCCO2)C[C@@H]1N(C)C. The lowest BCUT2D eigenvalue weighted by Gasteiger charge is -2.23. The molecule has 0 aliphatic carbocycles. The topological polar surface area (TPSA) is 42.0 Å². The second-order valence-electron chi connectivity index (χ2n) is 6.15. The van der Waals surface area contributed by atoms with Crippen molar-refractivity contribution in [3.8, 4) is 0 Å². The maximum Gasteiger partial charge on any atom is 0.248 e. The summed E-state index contributed by atoms with van der Waals surface area (Å²) < 4.78 is 11.0. The van der Waals surface area contributed by atoms with Crippen LogP contribution in [0.5, 0.6) is 0 Å². The van der Waals surface area contributed by atoms with Crippen LogP contribution in [0.4, 0.5) is 0 Å². The highest BCUT2D eigenvalue weighted by molar-refractivity contribution is 5.77. The summed E-state index contributed by atoms with van der Waals surface area (Å²) in [6.45, 7) is 5.46. The molecular formula is C15H28N2O3. The van der Waals surface area contributed by atoms with Crippen molar-refractivity contribution in [2.45, 2.75) is 38.3 Å². The van der Waals surface area contributed by atoms with Gasteiger partial charge in [0.15, 0.2) is 0 Å². The van der Waals surface area contributed by atoms with Gasteiger partial charge in [-0.1, -0.05) is 13.3 Å². The fourth-order valence-corrected chi connectivity index (χ4v) is 3.19. The monoisotopic (exact) mass is 284 g/mol. The molecule has 2 rings (SSSR count). The van der Waals surface area contributed by atoms with Crippen molar-refractivity contribution in [1.29, 1.82) is 0 Å². The van der Waals surface area contributed by atoms with E-state index in [2.05, 4.69) is 25.9 Å². The molecular weight excluding hydrogens is 256 g/mol. The van der Waals surface area contributed by atoms with Crippen LogP contribution in [0.25, 0.3) is 0 Å². The van der Waals surface area contributed by atoms with Crippen molar-refractivity contribution in [1.82, 2.24) is 9.80 Å². The zero-order valence-corrected chi connectivity index (χ0v) is 13.0. The van der Waals surface area contributed by atoms with Crippen molar-refractivity contribution in [2.75, 3.05) is 47.0 Å². The Morgan fingerprint density at radius 3 is 2.75 bits per heavy atom. The highest BCUT2D eigenvalue weighted by atomic mass is 16.5. The molecule has 0 aromatic rings. The standard InChI is InChI=1S/C15H28N2O3/c1-4-12-8-17(9-14(12)16(2)3)15(18)11-19-10-13-6-5-7-20-13/h12-14H,4-11H2,1-3H3/t12-,13+,14+/m1/s1. The lowest BCUT2D eigenvalue weighted by atomic mass is 10.0. The minimum atomic E-state index is 0.116. The van der Waals surface area contributed by atoms with Gasteiger partial charge in [-0.2, -0.15) is 0 Å². The Balaban J connectivity index is 1.72. The Kier molecular flexibility index (Phi) is 5.81. The van der Waals surface area contributed by atoms with E-state index < -0.39 is 0 Å². The maximum absolute atomic E-state index is 12.2. The van der Waals surface area contributed by atoms with Crippen molar-refractivity contribution in [2.24, 2.45) is 5.92 Å². The third-order valence-corrected chi connectivity index (χ3v) is 4.50. The van der Waals surface area contributed by atoms with Gasteiger partial charge in [-0.05, 0) is 32.9 Å². The summed E-state index contributed by atoms with van der Waals surface area (Å²) >= 11 is 0. The summed E-state index contributed by atoms with van der Waals surface area (Å²) in [6, 6.07) is 0.474. The van der Waals surface area contributed by atoms with E-state index in [1.807, 2.05) is 4.90 Å². The van der Waals surface area contributed by atoms with Crippen LogP contribution in [0.2, 0.25) is 0 Å². The number of likely N-dealkylation sites (tertiary alicyclic amines) is 1. The Hall–Kier alpha value is -0.650. The first-order valence-electron chi connectivity index (χ1n) is 7.75. The van der Waals surface area contributed by atoms with E-state index in [1.165, 1.54) is 0 Å². The van der Waals surface area contributed by atoms with E-state index in [-0.39, 0.29) is 18.6 Å². The Bertz CT molecular complexity index is 316. The van der Waals surface area contributed by atoms with Crippen molar-refractivity contribution >= 4 is 5.91 Å². The molecule has 20 heavy (non-hydrogen) atoms. The summed E-state index contributed by atoms with van der Waals surface area (Å²) in [5.74, 6) is 0.693.